The minimum Gasteiger partial charge on any atom is -0.359 e. The summed E-state index contributed by atoms with van der Waals surface area (Å²) in [5.41, 5.74) is 4.88. The maximum absolute atomic E-state index is 6.30. The first-order chi connectivity index (χ1) is 12.6. The zero-order valence-corrected chi connectivity index (χ0v) is 16.0. The molecule has 0 radical (unpaired) electrons. The number of hydrogen-bond donors (Lipinski definition) is 1. The topological polar surface area (TPSA) is 21.8 Å². The first-order valence-corrected chi connectivity index (χ1v) is 9.50. The molecule has 26 heavy (non-hydrogen) atoms. The predicted molar refractivity (Wildman–Crippen MR) is 109 cm³/mol. The van der Waals surface area contributed by atoms with Gasteiger partial charge in [0.15, 0.2) is 0 Å². The van der Waals surface area contributed by atoms with Gasteiger partial charge in [0.1, 0.15) is 5.82 Å². The van der Waals surface area contributed by atoms with Crippen LogP contribution in [0.5, 0.6) is 0 Å². The summed E-state index contributed by atoms with van der Waals surface area (Å²) in [5, 5.41) is 4.28. The van der Waals surface area contributed by atoms with E-state index in [4.69, 9.17) is 11.6 Å². The molecule has 1 saturated heterocycles. The first-order valence-electron chi connectivity index (χ1n) is 9.12. The largest absolute Gasteiger partial charge is 0.359 e. The van der Waals surface area contributed by atoms with Gasteiger partial charge in [0.05, 0.1) is 18.0 Å². The molecule has 0 saturated carbocycles. The van der Waals surface area contributed by atoms with Gasteiger partial charge in [-0.15, -0.1) is 0 Å². The highest BCUT2D eigenvalue weighted by atomic mass is 35.5. The molecule has 1 N–H and O–H groups in total. The summed E-state index contributed by atoms with van der Waals surface area (Å²) >= 11 is 6.30. The van der Waals surface area contributed by atoms with E-state index in [9.17, 15) is 0 Å². The van der Waals surface area contributed by atoms with Gasteiger partial charge >= 0.3 is 0 Å². The zero-order chi connectivity index (χ0) is 18.1. The molecule has 1 fully saturated rings. The normalized spacial score (nSPS) is 17.5. The Kier molecular flexibility index (Phi) is 4.90. The Bertz CT molecular complexity index is 811. The van der Waals surface area contributed by atoms with Crippen LogP contribution in [0, 0.1) is 0 Å². The third-order valence-electron chi connectivity index (χ3n) is 5.27. The van der Waals surface area contributed by atoms with Gasteiger partial charge in [0.2, 0.25) is 0 Å². The SMILES string of the molecule is C=C(NCN1CCN(C)CC1)N1c2ccccc2Cc2ccc(Cl)cc21. The molecular weight excluding hydrogens is 344 g/mol. The van der Waals surface area contributed by atoms with Crippen LogP contribution in [0.3, 0.4) is 0 Å². The molecule has 2 aromatic carbocycles. The van der Waals surface area contributed by atoms with Gasteiger partial charge in [0, 0.05) is 37.6 Å². The second kappa shape index (κ2) is 7.31. The molecule has 2 heterocycles. The lowest BCUT2D eigenvalue weighted by Crippen LogP contribution is -2.48. The van der Waals surface area contributed by atoms with Crippen LogP contribution in [0.4, 0.5) is 11.4 Å². The monoisotopic (exact) mass is 368 g/mol. The number of hydrogen-bond acceptors (Lipinski definition) is 4. The van der Waals surface area contributed by atoms with Crippen molar-refractivity contribution in [2.75, 3.05) is 44.8 Å². The average molecular weight is 369 g/mol. The fourth-order valence-corrected chi connectivity index (χ4v) is 3.85. The van der Waals surface area contributed by atoms with Gasteiger partial charge < -0.3 is 10.2 Å². The molecule has 4 rings (SSSR count). The first kappa shape index (κ1) is 17.4. The third kappa shape index (κ3) is 3.45. The van der Waals surface area contributed by atoms with Crippen LogP contribution in [-0.4, -0.2) is 49.7 Å². The smallest absolute Gasteiger partial charge is 0.104 e. The quantitative estimate of drug-likeness (QED) is 0.889. The summed E-state index contributed by atoms with van der Waals surface area (Å²) in [6.07, 6.45) is 0.922. The molecule has 2 aliphatic rings. The Hall–Kier alpha value is -2.01. The third-order valence-corrected chi connectivity index (χ3v) is 5.51. The minimum atomic E-state index is 0.750. The average Bonchev–Trinajstić information content (AvgIpc) is 2.65. The van der Waals surface area contributed by atoms with Crippen LogP contribution in [0.1, 0.15) is 11.1 Å². The number of piperazine rings is 1. The van der Waals surface area contributed by atoms with Crippen molar-refractivity contribution in [3.05, 3.63) is 71.0 Å². The number of nitrogens with zero attached hydrogens (tertiary/aromatic N) is 3. The number of anilines is 2. The second-order valence-electron chi connectivity index (χ2n) is 7.12. The van der Waals surface area contributed by atoms with E-state index >= 15 is 0 Å². The maximum atomic E-state index is 6.30. The zero-order valence-electron chi connectivity index (χ0n) is 15.2. The van der Waals surface area contributed by atoms with Crippen LogP contribution in [0.15, 0.2) is 54.9 Å². The molecule has 136 valence electrons. The van der Waals surface area contributed by atoms with Gasteiger partial charge in [-0.05, 0) is 36.4 Å². The molecule has 0 amide bonds. The lowest BCUT2D eigenvalue weighted by atomic mass is 9.95. The molecule has 2 aliphatic heterocycles. The van der Waals surface area contributed by atoms with Gasteiger partial charge in [-0.1, -0.05) is 42.4 Å². The number of likely N-dealkylation sites (N-methyl/N-ethyl adjacent to an activating group) is 1. The maximum Gasteiger partial charge on any atom is 0.104 e. The second-order valence-corrected chi connectivity index (χ2v) is 7.55. The van der Waals surface area contributed by atoms with Crippen LogP contribution in [0.2, 0.25) is 5.02 Å². The molecule has 0 spiro atoms. The van der Waals surface area contributed by atoms with E-state index in [1.54, 1.807) is 0 Å². The van der Waals surface area contributed by atoms with E-state index in [1.165, 1.54) is 16.8 Å². The Morgan fingerprint density at radius 2 is 1.77 bits per heavy atom. The summed E-state index contributed by atoms with van der Waals surface area (Å²) in [7, 11) is 2.18. The van der Waals surface area contributed by atoms with E-state index < -0.39 is 0 Å². The van der Waals surface area contributed by atoms with Crippen molar-refractivity contribution in [1.82, 2.24) is 15.1 Å². The number of rotatable bonds is 4. The summed E-state index contributed by atoms with van der Waals surface area (Å²) in [6, 6.07) is 14.6. The summed E-state index contributed by atoms with van der Waals surface area (Å²) in [6.45, 7) is 9.53. The highest BCUT2D eigenvalue weighted by Crippen LogP contribution is 2.41. The predicted octanol–water partition coefficient (Wildman–Crippen LogP) is 3.65. The Labute approximate surface area is 160 Å². The molecule has 0 aromatic heterocycles. The summed E-state index contributed by atoms with van der Waals surface area (Å²) in [5.74, 6) is 0.889. The molecule has 0 bridgehead atoms. The Morgan fingerprint density at radius 1 is 1.04 bits per heavy atom. The van der Waals surface area contributed by atoms with E-state index in [2.05, 4.69) is 64.0 Å². The van der Waals surface area contributed by atoms with Crippen molar-refractivity contribution >= 4 is 23.0 Å². The molecule has 5 heteroatoms. The van der Waals surface area contributed by atoms with E-state index in [1.807, 2.05) is 12.1 Å². The number of fused-ring (bicyclic) bond motifs is 2. The van der Waals surface area contributed by atoms with Crippen LogP contribution < -0.4 is 10.2 Å². The number of nitrogens with one attached hydrogen (secondary N) is 1. The van der Waals surface area contributed by atoms with E-state index in [0.717, 1.165) is 55.8 Å². The van der Waals surface area contributed by atoms with Crippen molar-refractivity contribution in [3.8, 4) is 0 Å². The number of halogens is 1. The fourth-order valence-electron chi connectivity index (χ4n) is 3.69. The van der Waals surface area contributed by atoms with Gasteiger partial charge in [-0.2, -0.15) is 0 Å². The van der Waals surface area contributed by atoms with Gasteiger partial charge in [0.25, 0.3) is 0 Å². The fraction of sp³-hybridized carbons (Fsp3) is 0.333. The summed E-state index contributed by atoms with van der Waals surface area (Å²) < 4.78 is 0. The van der Waals surface area contributed by atoms with Crippen molar-refractivity contribution in [2.24, 2.45) is 0 Å². The van der Waals surface area contributed by atoms with Crippen LogP contribution in [0.25, 0.3) is 0 Å². The Morgan fingerprint density at radius 3 is 2.58 bits per heavy atom. The van der Waals surface area contributed by atoms with E-state index in [-0.39, 0.29) is 0 Å². The van der Waals surface area contributed by atoms with Gasteiger partial charge in [-0.25, -0.2) is 0 Å². The molecule has 2 aromatic rings. The lowest BCUT2D eigenvalue weighted by molar-refractivity contribution is 0.148. The number of para-hydroxylation sites is 1. The van der Waals surface area contributed by atoms with Crippen LogP contribution >= 0.6 is 11.6 Å². The highest BCUT2D eigenvalue weighted by Gasteiger charge is 2.25. The molecule has 0 aliphatic carbocycles. The summed E-state index contributed by atoms with van der Waals surface area (Å²) in [4.78, 5) is 7.00. The standard InChI is InChI=1S/C21H25ClN4/c1-16(23-15-25-11-9-24(2)10-12-25)26-20-6-4-3-5-17(20)13-18-7-8-19(22)14-21(18)26/h3-8,14,23H,1,9-13,15H2,2H3. The van der Waals surface area contributed by atoms with Crippen molar-refractivity contribution in [2.45, 2.75) is 6.42 Å². The minimum absolute atomic E-state index is 0.750. The van der Waals surface area contributed by atoms with Crippen molar-refractivity contribution in [3.63, 3.8) is 0 Å². The molecule has 0 atom stereocenters. The Balaban J connectivity index is 1.57. The van der Waals surface area contributed by atoms with Gasteiger partial charge in [-0.3, -0.25) is 9.80 Å². The highest BCUT2D eigenvalue weighted by molar-refractivity contribution is 6.31. The van der Waals surface area contributed by atoms with Crippen molar-refractivity contribution < 1.29 is 0 Å². The van der Waals surface area contributed by atoms with Crippen molar-refractivity contribution in [1.29, 1.82) is 0 Å². The molecule has 4 nitrogen and oxygen atoms in total. The van der Waals surface area contributed by atoms with E-state index in [0.29, 0.717) is 0 Å². The molecule has 0 unspecified atom stereocenters. The lowest BCUT2D eigenvalue weighted by Gasteiger charge is -2.37. The van der Waals surface area contributed by atoms with Crippen LogP contribution in [-0.2, 0) is 6.42 Å². The molecular formula is C21H25ClN4. The number of benzene rings is 2.